The Balaban J connectivity index is 1.48. The number of rotatable bonds is 4. The summed E-state index contributed by atoms with van der Waals surface area (Å²) in [6, 6.07) is 30.2. The summed E-state index contributed by atoms with van der Waals surface area (Å²) in [4.78, 5) is 17.9. The van der Waals surface area contributed by atoms with E-state index in [1.807, 2.05) is 97.1 Å². The minimum atomic E-state index is 0.412. The van der Waals surface area contributed by atoms with Gasteiger partial charge in [0.25, 0.3) is 0 Å². The summed E-state index contributed by atoms with van der Waals surface area (Å²) in [6.45, 7) is 0. The summed E-state index contributed by atoms with van der Waals surface area (Å²) in [7, 11) is 0. The Morgan fingerprint density at radius 1 is 0.286 bits per heavy atom. The number of aromatic nitrogens is 4. The first kappa shape index (κ1) is 37.4. The van der Waals surface area contributed by atoms with Gasteiger partial charge in [0.15, 0.2) is 0 Å². The maximum Gasteiger partial charge on any atom is 0.0737 e. The summed E-state index contributed by atoms with van der Waals surface area (Å²) in [5.41, 5.74) is 12.3. The first-order chi connectivity index (χ1) is 27.0. The van der Waals surface area contributed by atoms with Crippen LogP contribution < -0.4 is 0 Å². The first-order valence-corrected chi connectivity index (χ1v) is 20.0. The van der Waals surface area contributed by atoms with E-state index < -0.39 is 0 Å². The molecule has 0 amide bonds. The molecule has 9 rings (SSSR count). The van der Waals surface area contributed by atoms with Crippen molar-refractivity contribution in [2.75, 3.05) is 0 Å². The quantitative estimate of drug-likeness (QED) is 0.185. The van der Waals surface area contributed by atoms with Crippen LogP contribution >= 0.6 is 92.8 Å². The second-order valence-electron chi connectivity index (χ2n) is 13.0. The van der Waals surface area contributed by atoms with Crippen LogP contribution in [0.5, 0.6) is 0 Å². The van der Waals surface area contributed by atoms with Crippen molar-refractivity contribution in [2.45, 2.75) is 0 Å². The Morgan fingerprint density at radius 3 is 0.732 bits per heavy atom. The van der Waals surface area contributed by atoms with Gasteiger partial charge in [-0.2, -0.15) is 0 Å². The van der Waals surface area contributed by atoms with E-state index >= 15 is 0 Å². The molecule has 0 spiro atoms. The van der Waals surface area contributed by atoms with Gasteiger partial charge in [0.1, 0.15) is 0 Å². The molecule has 0 radical (unpaired) electrons. The third kappa shape index (κ3) is 6.83. The maximum absolute atomic E-state index is 6.63. The van der Waals surface area contributed by atoms with Gasteiger partial charge in [0, 0.05) is 44.3 Å². The van der Waals surface area contributed by atoms with E-state index in [1.54, 1.807) is 24.3 Å². The van der Waals surface area contributed by atoms with E-state index in [1.165, 1.54) is 0 Å². The third-order valence-corrected chi connectivity index (χ3v) is 12.5. The molecule has 8 bridgehead atoms. The molecule has 0 fully saturated rings. The van der Waals surface area contributed by atoms with Crippen molar-refractivity contribution in [3.05, 3.63) is 160 Å². The highest BCUT2D eigenvalue weighted by molar-refractivity contribution is 6.43. The fourth-order valence-corrected chi connectivity index (χ4v) is 8.22. The molecule has 56 heavy (non-hydrogen) atoms. The van der Waals surface area contributed by atoms with Gasteiger partial charge in [0.2, 0.25) is 0 Å². The molecule has 0 saturated carbocycles. The van der Waals surface area contributed by atoms with Crippen LogP contribution in [-0.4, -0.2) is 19.9 Å². The molecule has 2 aliphatic heterocycles. The molecule has 4 nitrogen and oxygen atoms in total. The Bertz CT molecular complexity index is 2640. The normalized spacial score (nSPS) is 12.1. The number of halogens is 8. The van der Waals surface area contributed by atoms with Crippen LogP contribution in [0.4, 0.5) is 0 Å². The minimum Gasteiger partial charge on any atom is -0.354 e. The molecule has 4 aromatic carbocycles. The van der Waals surface area contributed by atoms with Gasteiger partial charge in [-0.15, -0.1) is 0 Å². The van der Waals surface area contributed by atoms with Gasteiger partial charge in [0.05, 0.1) is 63.0 Å². The van der Waals surface area contributed by atoms with Crippen LogP contribution in [0, 0.1) is 0 Å². The molecule has 2 N–H and O–H groups in total. The lowest BCUT2D eigenvalue weighted by Gasteiger charge is -2.08. The van der Waals surface area contributed by atoms with E-state index in [2.05, 4.69) is 9.97 Å². The van der Waals surface area contributed by atoms with Crippen LogP contribution in [0.1, 0.15) is 22.8 Å². The largest absolute Gasteiger partial charge is 0.354 e. The van der Waals surface area contributed by atoms with Gasteiger partial charge in [-0.05, 0) is 119 Å². The monoisotopic (exact) mass is 886 g/mol. The average molecular weight is 890 g/mol. The molecule has 0 aliphatic carbocycles. The number of fused-ring (bicyclic) bond motifs is 8. The summed E-state index contributed by atoms with van der Waals surface area (Å²) in [5, 5.41) is 3.41. The lowest BCUT2D eigenvalue weighted by Crippen LogP contribution is -1.90. The first-order valence-electron chi connectivity index (χ1n) is 17.0. The fourth-order valence-electron chi connectivity index (χ4n) is 7.03. The van der Waals surface area contributed by atoms with E-state index in [9.17, 15) is 0 Å². The molecule has 0 unspecified atom stereocenters. The summed E-state index contributed by atoms with van der Waals surface area (Å²) < 4.78 is 0. The van der Waals surface area contributed by atoms with Crippen molar-refractivity contribution in [3.63, 3.8) is 0 Å². The van der Waals surface area contributed by atoms with Crippen molar-refractivity contribution in [2.24, 2.45) is 0 Å². The van der Waals surface area contributed by atoms with Gasteiger partial charge in [-0.25, -0.2) is 9.97 Å². The number of nitrogens with one attached hydrogen (secondary N) is 2. The zero-order chi connectivity index (χ0) is 38.8. The van der Waals surface area contributed by atoms with E-state index in [0.717, 1.165) is 66.6 Å². The standard InChI is InChI=1S/C44H22Cl8N4/c45-25-5-1-21(17-29(25)49)41-33-9-11-35(53-33)42(22-2-6-26(46)30(50)18-22)37-13-15-39(55-37)44(24-4-8-28(48)32(52)20-24)40-16-14-38(56-40)43(36-12-10-34(41)54-36)23-3-7-27(47)31(51)19-23/h1-20,53,56H. The van der Waals surface area contributed by atoms with Crippen molar-refractivity contribution < 1.29 is 0 Å². The van der Waals surface area contributed by atoms with Crippen LogP contribution in [0.15, 0.2) is 97.1 Å². The number of benzene rings is 4. The summed E-state index contributed by atoms with van der Waals surface area (Å²) in [6.07, 6.45) is 7.92. The van der Waals surface area contributed by atoms with E-state index in [4.69, 9.17) is 103 Å². The highest BCUT2D eigenvalue weighted by Gasteiger charge is 2.20. The molecular weight excluding hydrogens is 868 g/mol. The second-order valence-corrected chi connectivity index (χ2v) is 16.3. The zero-order valence-electron chi connectivity index (χ0n) is 28.5. The molecule has 7 aromatic rings. The van der Waals surface area contributed by atoms with Crippen LogP contribution in [0.25, 0.3) is 90.9 Å². The predicted octanol–water partition coefficient (Wildman–Crippen LogP) is 16.6. The smallest absolute Gasteiger partial charge is 0.0737 e. The van der Waals surface area contributed by atoms with Crippen LogP contribution in [0.3, 0.4) is 0 Å². The Labute approximate surface area is 360 Å². The molecular formula is C44H22Cl8N4. The SMILES string of the molecule is Clc1ccc(-c2c3nc(c(-c4ccc(Cl)c(Cl)c4)c4ccc([nH]4)c(-c4ccc(Cl)c(Cl)c4)c4nc(c(-c5ccc(Cl)c(Cl)c5)c5ccc2[nH]5)C=C4)C=C3)cc1Cl. The third-order valence-electron chi connectivity index (χ3n) is 9.59. The highest BCUT2D eigenvalue weighted by Crippen LogP contribution is 2.41. The summed E-state index contributed by atoms with van der Waals surface area (Å²) in [5.74, 6) is 0. The lowest BCUT2D eigenvalue weighted by molar-refractivity contribution is 1.31. The number of hydrogen-bond donors (Lipinski definition) is 2. The minimum absolute atomic E-state index is 0.412. The Kier molecular flexibility index (Phi) is 9.98. The molecule has 0 atom stereocenters. The highest BCUT2D eigenvalue weighted by atomic mass is 35.5. The molecule has 12 heteroatoms. The average Bonchev–Trinajstić information content (AvgIpc) is 4.02. The predicted molar refractivity (Wildman–Crippen MR) is 241 cm³/mol. The second kappa shape index (κ2) is 14.9. The Morgan fingerprint density at radius 2 is 0.518 bits per heavy atom. The summed E-state index contributed by atoms with van der Waals surface area (Å²) >= 11 is 52.2. The van der Waals surface area contributed by atoms with Gasteiger partial charge >= 0.3 is 0 Å². The van der Waals surface area contributed by atoms with Crippen molar-refractivity contribution in [1.82, 2.24) is 19.9 Å². The van der Waals surface area contributed by atoms with Gasteiger partial charge < -0.3 is 9.97 Å². The van der Waals surface area contributed by atoms with E-state index in [-0.39, 0.29) is 0 Å². The number of H-pyrrole nitrogens is 2. The Hall–Kier alpha value is -4.20. The van der Waals surface area contributed by atoms with Crippen LogP contribution in [0.2, 0.25) is 40.2 Å². The molecule has 274 valence electrons. The molecule has 5 heterocycles. The topological polar surface area (TPSA) is 57.4 Å². The number of aromatic amines is 2. The van der Waals surface area contributed by atoms with E-state index in [0.29, 0.717) is 63.0 Å². The van der Waals surface area contributed by atoms with Crippen molar-refractivity contribution in [3.8, 4) is 44.5 Å². The lowest BCUT2D eigenvalue weighted by atomic mass is 10.0. The van der Waals surface area contributed by atoms with Gasteiger partial charge in [-0.1, -0.05) is 117 Å². The number of nitrogens with zero attached hydrogens (tertiary/aromatic N) is 2. The molecule has 2 aliphatic rings. The number of hydrogen-bond acceptors (Lipinski definition) is 2. The van der Waals surface area contributed by atoms with Crippen LogP contribution in [-0.2, 0) is 0 Å². The van der Waals surface area contributed by atoms with Crippen molar-refractivity contribution >= 4 is 139 Å². The van der Waals surface area contributed by atoms with Crippen molar-refractivity contribution in [1.29, 1.82) is 0 Å². The molecule has 3 aromatic heterocycles. The molecule has 0 saturated heterocycles. The van der Waals surface area contributed by atoms with Gasteiger partial charge in [-0.3, -0.25) is 0 Å². The fraction of sp³-hybridized carbons (Fsp3) is 0. The zero-order valence-corrected chi connectivity index (χ0v) is 34.5. The maximum atomic E-state index is 6.63.